The summed E-state index contributed by atoms with van der Waals surface area (Å²) in [6, 6.07) is 13.4. The van der Waals surface area contributed by atoms with Gasteiger partial charge >= 0.3 is 6.03 Å². The van der Waals surface area contributed by atoms with Gasteiger partial charge in [-0.3, -0.25) is 4.90 Å². The molecule has 0 saturated carbocycles. The monoisotopic (exact) mass is 558 g/mol. The molecule has 0 aromatic heterocycles. The van der Waals surface area contributed by atoms with E-state index in [9.17, 15) is 13.2 Å². The molecule has 0 aliphatic carbocycles. The number of sulfonamides is 1. The van der Waals surface area contributed by atoms with Gasteiger partial charge in [-0.05, 0) is 42.4 Å². The highest BCUT2D eigenvalue weighted by Gasteiger charge is 2.40. The predicted molar refractivity (Wildman–Crippen MR) is 141 cm³/mol. The van der Waals surface area contributed by atoms with Gasteiger partial charge in [0.2, 0.25) is 10.0 Å². The summed E-state index contributed by atoms with van der Waals surface area (Å²) in [5, 5.41) is 1.71. The first-order valence-electron chi connectivity index (χ1n) is 11.4. The van der Waals surface area contributed by atoms with E-state index < -0.39 is 10.0 Å². The summed E-state index contributed by atoms with van der Waals surface area (Å²) >= 11 is 18.4. The van der Waals surface area contributed by atoms with E-state index in [1.807, 2.05) is 41.3 Å². The number of carbonyl (C=O) groups is 1. The van der Waals surface area contributed by atoms with Crippen LogP contribution in [0.4, 0.5) is 4.79 Å². The number of amides is 2. The molecule has 0 spiro atoms. The van der Waals surface area contributed by atoms with Gasteiger partial charge < -0.3 is 9.80 Å². The number of piperazine rings is 1. The number of rotatable bonds is 5. The molecule has 0 bridgehead atoms. The van der Waals surface area contributed by atoms with Crippen molar-refractivity contribution in [3.05, 3.63) is 68.7 Å². The van der Waals surface area contributed by atoms with E-state index in [1.54, 1.807) is 11.0 Å². The maximum absolute atomic E-state index is 13.4. The second-order valence-corrected chi connectivity index (χ2v) is 12.5. The van der Waals surface area contributed by atoms with Crippen LogP contribution in [0, 0.1) is 0 Å². The Morgan fingerprint density at radius 1 is 0.943 bits per heavy atom. The third-order valence-electron chi connectivity index (χ3n) is 6.82. The minimum absolute atomic E-state index is 0.0532. The van der Waals surface area contributed by atoms with E-state index in [1.165, 1.54) is 10.6 Å². The summed E-state index contributed by atoms with van der Waals surface area (Å²) in [6.45, 7) is 3.20. The molecule has 2 heterocycles. The average Bonchev–Trinajstić information content (AvgIpc) is 3.27. The van der Waals surface area contributed by atoms with Gasteiger partial charge in [0.1, 0.15) is 0 Å². The van der Waals surface area contributed by atoms with Crippen LogP contribution in [0.25, 0.3) is 0 Å². The van der Waals surface area contributed by atoms with E-state index >= 15 is 0 Å². The molecule has 35 heavy (non-hydrogen) atoms. The van der Waals surface area contributed by atoms with E-state index in [0.29, 0.717) is 60.9 Å². The summed E-state index contributed by atoms with van der Waals surface area (Å²) in [5.41, 5.74) is 2.16. The SMILES string of the molecule is CN(Cc1ccc(Cl)c(Cl)c1)[C@H]1CN(C(=O)N2CCN(S(C)(=O)=O)CC2)C[C@@H]1c1ccc(Cl)cc1. The zero-order chi connectivity index (χ0) is 25.3. The molecule has 2 saturated heterocycles. The normalized spacial score (nSPS) is 21.7. The van der Waals surface area contributed by atoms with Crippen molar-refractivity contribution in [3.63, 3.8) is 0 Å². The highest BCUT2D eigenvalue weighted by Crippen LogP contribution is 2.33. The average molecular weight is 560 g/mol. The lowest BCUT2D eigenvalue weighted by Crippen LogP contribution is -2.53. The van der Waals surface area contributed by atoms with Crippen molar-refractivity contribution < 1.29 is 13.2 Å². The lowest BCUT2D eigenvalue weighted by atomic mass is 9.93. The molecule has 2 fully saturated rings. The van der Waals surface area contributed by atoms with E-state index in [4.69, 9.17) is 34.8 Å². The Balaban J connectivity index is 1.51. The molecule has 2 aromatic carbocycles. The van der Waals surface area contributed by atoms with Gasteiger partial charge in [0, 0.05) is 62.8 Å². The molecule has 7 nitrogen and oxygen atoms in total. The molecule has 4 rings (SSSR count). The summed E-state index contributed by atoms with van der Waals surface area (Å²) in [7, 11) is -1.20. The first-order valence-corrected chi connectivity index (χ1v) is 14.4. The Morgan fingerprint density at radius 2 is 1.60 bits per heavy atom. The molecule has 2 aromatic rings. The second kappa shape index (κ2) is 10.8. The van der Waals surface area contributed by atoms with Crippen LogP contribution in [-0.4, -0.2) is 92.1 Å². The van der Waals surface area contributed by atoms with Crippen LogP contribution in [-0.2, 0) is 16.6 Å². The van der Waals surface area contributed by atoms with Crippen LogP contribution >= 0.6 is 34.8 Å². The number of likely N-dealkylation sites (tertiary alicyclic amines) is 1. The maximum atomic E-state index is 13.4. The molecule has 190 valence electrons. The van der Waals surface area contributed by atoms with Gasteiger partial charge in [-0.25, -0.2) is 13.2 Å². The van der Waals surface area contributed by atoms with Gasteiger partial charge in [-0.1, -0.05) is 53.0 Å². The molecule has 0 N–H and O–H groups in total. The van der Waals surface area contributed by atoms with Crippen molar-refractivity contribution in [2.24, 2.45) is 0 Å². The van der Waals surface area contributed by atoms with E-state index in [2.05, 4.69) is 11.9 Å². The molecule has 2 amide bonds. The van der Waals surface area contributed by atoms with Gasteiger partial charge in [-0.2, -0.15) is 4.31 Å². The quantitative estimate of drug-likeness (QED) is 0.550. The number of benzene rings is 2. The number of likely N-dealkylation sites (N-methyl/N-ethyl adjacent to an activating group) is 1. The van der Waals surface area contributed by atoms with Gasteiger partial charge in [-0.15, -0.1) is 0 Å². The number of nitrogens with zero attached hydrogens (tertiary/aromatic N) is 4. The van der Waals surface area contributed by atoms with E-state index in [-0.39, 0.29) is 18.0 Å². The molecule has 2 aliphatic heterocycles. The van der Waals surface area contributed by atoms with Crippen molar-refractivity contribution in [1.82, 2.24) is 19.0 Å². The van der Waals surface area contributed by atoms with Gasteiger partial charge in [0.05, 0.1) is 16.3 Å². The second-order valence-electron chi connectivity index (χ2n) is 9.23. The topological polar surface area (TPSA) is 64.2 Å². The fourth-order valence-electron chi connectivity index (χ4n) is 4.88. The lowest BCUT2D eigenvalue weighted by molar-refractivity contribution is 0.138. The Kier molecular flexibility index (Phi) is 8.20. The van der Waals surface area contributed by atoms with Crippen molar-refractivity contribution in [3.8, 4) is 0 Å². The van der Waals surface area contributed by atoms with Crippen molar-refractivity contribution in [2.75, 3.05) is 52.6 Å². The Morgan fingerprint density at radius 3 is 2.20 bits per heavy atom. The number of hydrogen-bond donors (Lipinski definition) is 0. The predicted octanol–water partition coefficient (Wildman–Crippen LogP) is 4.24. The molecule has 2 aliphatic rings. The summed E-state index contributed by atoms with van der Waals surface area (Å²) in [4.78, 5) is 19.3. The number of hydrogen-bond acceptors (Lipinski definition) is 4. The number of halogens is 3. The highest BCUT2D eigenvalue weighted by molar-refractivity contribution is 7.88. The van der Waals surface area contributed by atoms with Crippen LogP contribution in [0.3, 0.4) is 0 Å². The van der Waals surface area contributed by atoms with Crippen LogP contribution in [0.5, 0.6) is 0 Å². The third-order valence-corrected chi connectivity index (χ3v) is 9.11. The van der Waals surface area contributed by atoms with Crippen LogP contribution in [0.1, 0.15) is 17.0 Å². The fourth-order valence-corrected chi connectivity index (χ4v) is 6.15. The lowest BCUT2D eigenvalue weighted by Gasteiger charge is -2.35. The highest BCUT2D eigenvalue weighted by atomic mass is 35.5. The molecular weight excluding hydrogens is 531 g/mol. The first-order chi connectivity index (χ1) is 16.5. The first kappa shape index (κ1) is 26.5. The third kappa shape index (κ3) is 6.24. The van der Waals surface area contributed by atoms with Gasteiger partial charge in [0.15, 0.2) is 0 Å². The Labute approximate surface area is 222 Å². The van der Waals surface area contributed by atoms with Crippen LogP contribution in [0.15, 0.2) is 42.5 Å². The minimum Gasteiger partial charge on any atom is -0.322 e. The molecule has 0 radical (unpaired) electrons. The summed E-state index contributed by atoms with van der Waals surface area (Å²) < 4.78 is 25.1. The zero-order valence-corrected chi connectivity index (χ0v) is 22.8. The van der Waals surface area contributed by atoms with Gasteiger partial charge in [0.25, 0.3) is 0 Å². The zero-order valence-electron chi connectivity index (χ0n) is 19.7. The smallest absolute Gasteiger partial charge is 0.320 e. The minimum atomic E-state index is -3.25. The summed E-state index contributed by atoms with van der Waals surface area (Å²) in [6.07, 6.45) is 1.20. The largest absolute Gasteiger partial charge is 0.322 e. The van der Waals surface area contributed by atoms with Crippen LogP contribution < -0.4 is 0 Å². The molecule has 2 atom stereocenters. The molecular formula is C24H29Cl3N4O3S. The number of urea groups is 1. The fraction of sp³-hybridized carbons (Fsp3) is 0.458. The van der Waals surface area contributed by atoms with Crippen molar-refractivity contribution >= 4 is 50.9 Å². The Bertz CT molecular complexity index is 1170. The van der Waals surface area contributed by atoms with Crippen molar-refractivity contribution in [1.29, 1.82) is 0 Å². The molecule has 11 heteroatoms. The van der Waals surface area contributed by atoms with Crippen LogP contribution in [0.2, 0.25) is 15.1 Å². The number of carbonyl (C=O) groups excluding carboxylic acids is 1. The van der Waals surface area contributed by atoms with E-state index in [0.717, 1.165) is 11.1 Å². The Hall–Kier alpha value is -1.55. The van der Waals surface area contributed by atoms with Crippen molar-refractivity contribution in [2.45, 2.75) is 18.5 Å². The molecule has 0 unspecified atom stereocenters. The standard InChI is InChI=1S/C24H29Cl3N4O3S/c1-28(14-17-3-8-21(26)22(27)13-17)23-16-30(15-20(23)18-4-6-19(25)7-5-18)24(32)29-9-11-31(12-10-29)35(2,33)34/h3-8,13,20,23H,9-12,14-16H2,1-2H3/t20-,23+/m1/s1. The summed E-state index contributed by atoms with van der Waals surface area (Å²) in [5.74, 6) is 0.0984. The maximum Gasteiger partial charge on any atom is 0.320 e.